The van der Waals surface area contributed by atoms with E-state index in [4.69, 9.17) is 16.9 Å². The number of nitrogen functional groups attached to an aromatic ring is 1. The van der Waals surface area contributed by atoms with E-state index in [-0.39, 0.29) is 5.91 Å². The number of hydrogen-bond donors (Lipinski definition) is 2. The number of ether oxygens (including phenoxy) is 1. The van der Waals surface area contributed by atoms with Crippen LogP contribution in [0, 0.1) is 12.3 Å². The first-order valence-corrected chi connectivity index (χ1v) is 7.16. The normalized spacial score (nSPS) is 9.68. The number of thioether (sulfide) groups is 1. The van der Waals surface area contributed by atoms with Crippen molar-refractivity contribution in [2.24, 2.45) is 0 Å². The van der Waals surface area contributed by atoms with Crippen LogP contribution in [0.25, 0.3) is 0 Å². The molecule has 0 spiro atoms. The van der Waals surface area contributed by atoms with Crippen molar-refractivity contribution < 1.29 is 9.53 Å². The van der Waals surface area contributed by atoms with Gasteiger partial charge in [-0.3, -0.25) is 4.79 Å². The Morgan fingerprint density at radius 2 is 2.37 bits per heavy atom. The summed E-state index contributed by atoms with van der Waals surface area (Å²) >= 11 is 1.60. The number of anilines is 1. The van der Waals surface area contributed by atoms with E-state index in [1.54, 1.807) is 30.0 Å². The van der Waals surface area contributed by atoms with Crippen LogP contribution < -0.4 is 15.8 Å². The molecule has 0 aliphatic carbocycles. The van der Waals surface area contributed by atoms with Gasteiger partial charge in [0.05, 0.1) is 12.4 Å². The SMILES string of the molecule is C#CCSCCNC(=O)c1c(N)cccc1OCC. The third kappa shape index (κ3) is 4.76. The molecule has 0 aliphatic heterocycles. The van der Waals surface area contributed by atoms with Crippen LogP contribution in [0.5, 0.6) is 5.75 Å². The topological polar surface area (TPSA) is 64.4 Å². The second kappa shape index (κ2) is 8.33. The number of carbonyl (C=O) groups excluding carboxylic acids is 1. The quantitative estimate of drug-likeness (QED) is 0.453. The maximum absolute atomic E-state index is 12.1. The number of benzene rings is 1. The Morgan fingerprint density at radius 3 is 3.05 bits per heavy atom. The third-order valence-corrected chi connectivity index (χ3v) is 3.17. The minimum Gasteiger partial charge on any atom is -0.493 e. The molecule has 1 aromatic rings. The number of terminal acetylenes is 1. The van der Waals surface area contributed by atoms with Gasteiger partial charge in [-0.25, -0.2) is 0 Å². The Morgan fingerprint density at radius 1 is 1.58 bits per heavy atom. The van der Waals surface area contributed by atoms with Gasteiger partial charge >= 0.3 is 0 Å². The van der Waals surface area contributed by atoms with Crippen molar-refractivity contribution in [3.8, 4) is 18.1 Å². The molecule has 0 saturated heterocycles. The largest absolute Gasteiger partial charge is 0.493 e. The summed E-state index contributed by atoms with van der Waals surface area (Å²) in [5, 5.41) is 2.81. The van der Waals surface area contributed by atoms with Crippen LogP contribution in [-0.4, -0.2) is 30.6 Å². The summed E-state index contributed by atoms with van der Waals surface area (Å²) in [5.74, 6) is 4.24. The fourth-order valence-electron chi connectivity index (χ4n) is 1.52. The molecular weight excluding hydrogens is 260 g/mol. The zero-order chi connectivity index (χ0) is 14.1. The van der Waals surface area contributed by atoms with Crippen molar-refractivity contribution in [1.29, 1.82) is 0 Å². The summed E-state index contributed by atoms with van der Waals surface area (Å²) in [6.45, 7) is 2.90. The minimum atomic E-state index is -0.220. The lowest BCUT2D eigenvalue weighted by molar-refractivity contribution is 0.0953. The molecule has 1 rings (SSSR count). The first-order chi connectivity index (χ1) is 9.20. The number of carbonyl (C=O) groups is 1. The molecule has 1 aromatic carbocycles. The van der Waals surface area contributed by atoms with E-state index in [2.05, 4.69) is 11.2 Å². The number of nitrogens with one attached hydrogen (secondary N) is 1. The molecule has 0 aromatic heterocycles. The Bertz CT molecular complexity index is 469. The maximum atomic E-state index is 12.1. The van der Waals surface area contributed by atoms with Gasteiger partial charge in [0.1, 0.15) is 11.3 Å². The third-order valence-electron chi connectivity index (χ3n) is 2.30. The van der Waals surface area contributed by atoms with E-state index in [0.29, 0.717) is 35.9 Å². The van der Waals surface area contributed by atoms with Crippen LogP contribution in [0.1, 0.15) is 17.3 Å². The Hall–Kier alpha value is -1.80. The Kier molecular flexibility index (Phi) is 6.69. The smallest absolute Gasteiger partial charge is 0.257 e. The van der Waals surface area contributed by atoms with Crippen LogP contribution in [0.3, 0.4) is 0 Å². The number of amides is 1. The lowest BCUT2D eigenvalue weighted by Crippen LogP contribution is -2.27. The van der Waals surface area contributed by atoms with E-state index in [1.807, 2.05) is 6.92 Å². The van der Waals surface area contributed by atoms with Crippen LogP contribution in [-0.2, 0) is 0 Å². The molecule has 1 amide bonds. The summed E-state index contributed by atoms with van der Waals surface area (Å²) in [5.41, 5.74) is 6.64. The van der Waals surface area contributed by atoms with Crippen molar-refractivity contribution in [1.82, 2.24) is 5.32 Å². The van der Waals surface area contributed by atoms with Gasteiger partial charge in [-0.05, 0) is 19.1 Å². The van der Waals surface area contributed by atoms with Crippen molar-refractivity contribution in [3.05, 3.63) is 23.8 Å². The first kappa shape index (κ1) is 15.3. The molecule has 19 heavy (non-hydrogen) atoms. The van der Waals surface area contributed by atoms with E-state index in [0.717, 1.165) is 5.75 Å². The van der Waals surface area contributed by atoms with E-state index in [9.17, 15) is 4.79 Å². The predicted octanol–water partition coefficient (Wildman–Crippen LogP) is 1.76. The highest BCUT2D eigenvalue weighted by atomic mass is 32.2. The first-order valence-electron chi connectivity index (χ1n) is 6.01. The molecule has 102 valence electrons. The van der Waals surface area contributed by atoms with Crippen molar-refractivity contribution >= 4 is 23.4 Å². The average Bonchev–Trinajstić information content (AvgIpc) is 2.39. The average molecular weight is 278 g/mol. The van der Waals surface area contributed by atoms with Crippen molar-refractivity contribution in [2.75, 3.05) is 30.4 Å². The van der Waals surface area contributed by atoms with Gasteiger partial charge in [-0.15, -0.1) is 18.2 Å². The summed E-state index contributed by atoms with van der Waals surface area (Å²) in [4.78, 5) is 12.1. The van der Waals surface area contributed by atoms with Crippen molar-refractivity contribution in [3.63, 3.8) is 0 Å². The number of rotatable bonds is 7. The van der Waals surface area contributed by atoms with Gasteiger partial charge in [-0.1, -0.05) is 12.0 Å². The molecule has 0 bridgehead atoms. The molecule has 3 N–H and O–H groups in total. The molecule has 0 saturated carbocycles. The summed E-state index contributed by atoms with van der Waals surface area (Å²) in [6.07, 6.45) is 5.14. The molecule has 0 aliphatic rings. The Labute approximate surface area is 118 Å². The van der Waals surface area contributed by atoms with Gasteiger partial charge in [-0.2, -0.15) is 0 Å². The number of hydrogen-bond acceptors (Lipinski definition) is 4. The lowest BCUT2D eigenvalue weighted by Gasteiger charge is -2.12. The van der Waals surface area contributed by atoms with Gasteiger partial charge < -0.3 is 15.8 Å². The van der Waals surface area contributed by atoms with E-state index in [1.165, 1.54) is 0 Å². The monoisotopic (exact) mass is 278 g/mol. The Balaban J connectivity index is 2.63. The molecule has 0 radical (unpaired) electrons. The lowest BCUT2D eigenvalue weighted by atomic mass is 10.1. The summed E-state index contributed by atoms with van der Waals surface area (Å²) in [7, 11) is 0. The van der Waals surface area contributed by atoms with Crippen LogP contribution in [0.15, 0.2) is 18.2 Å². The number of nitrogens with two attached hydrogens (primary N) is 1. The summed E-state index contributed by atoms with van der Waals surface area (Å²) < 4.78 is 5.41. The fraction of sp³-hybridized carbons (Fsp3) is 0.357. The maximum Gasteiger partial charge on any atom is 0.257 e. The highest BCUT2D eigenvalue weighted by Crippen LogP contribution is 2.24. The fourth-order valence-corrected chi connectivity index (χ4v) is 2.03. The molecular formula is C14H18N2O2S. The highest BCUT2D eigenvalue weighted by Gasteiger charge is 2.15. The molecule has 0 unspecified atom stereocenters. The zero-order valence-electron chi connectivity index (χ0n) is 10.9. The molecule has 5 heteroatoms. The summed E-state index contributed by atoms with van der Waals surface area (Å²) in [6, 6.07) is 5.19. The highest BCUT2D eigenvalue weighted by molar-refractivity contribution is 7.99. The van der Waals surface area contributed by atoms with Gasteiger partial charge in [0.2, 0.25) is 0 Å². The molecule has 0 heterocycles. The second-order valence-electron chi connectivity index (χ2n) is 3.67. The van der Waals surface area contributed by atoms with E-state index < -0.39 is 0 Å². The second-order valence-corrected chi connectivity index (χ2v) is 4.77. The van der Waals surface area contributed by atoms with Gasteiger partial charge in [0.25, 0.3) is 5.91 Å². The standard InChI is InChI=1S/C14H18N2O2S/c1-3-9-19-10-8-16-14(17)13-11(15)6-5-7-12(13)18-4-2/h1,5-7H,4,8-10,15H2,2H3,(H,16,17). The molecule has 4 nitrogen and oxygen atoms in total. The van der Waals surface area contributed by atoms with E-state index >= 15 is 0 Å². The van der Waals surface area contributed by atoms with Crippen LogP contribution in [0.4, 0.5) is 5.69 Å². The molecule has 0 atom stereocenters. The van der Waals surface area contributed by atoms with Crippen LogP contribution >= 0.6 is 11.8 Å². The minimum absolute atomic E-state index is 0.220. The van der Waals surface area contributed by atoms with Gasteiger partial charge in [0, 0.05) is 18.0 Å². The van der Waals surface area contributed by atoms with Crippen LogP contribution in [0.2, 0.25) is 0 Å². The van der Waals surface area contributed by atoms with Crippen molar-refractivity contribution in [2.45, 2.75) is 6.92 Å². The zero-order valence-corrected chi connectivity index (χ0v) is 11.8. The predicted molar refractivity (Wildman–Crippen MR) is 80.5 cm³/mol. The molecule has 0 fully saturated rings. The van der Waals surface area contributed by atoms with Gasteiger partial charge in [0.15, 0.2) is 0 Å².